The number of rotatable bonds is 6. The van der Waals surface area contributed by atoms with Gasteiger partial charge in [-0.3, -0.25) is 4.79 Å². The first-order valence-electron chi connectivity index (χ1n) is 10.7. The van der Waals surface area contributed by atoms with E-state index < -0.39 is 6.04 Å². The third-order valence-corrected chi connectivity index (χ3v) is 5.42. The first-order valence-corrected chi connectivity index (χ1v) is 10.7. The van der Waals surface area contributed by atoms with Crippen molar-refractivity contribution >= 4 is 17.7 Å². The number of aryl methyl sites for hydroxylation is 1. The van der Waals surface area contributed by atoms with Gasteiger partial charge in [-0.25, -0.2) is 19.9 Å². The van der Waals surface area contributed by atoms with Crippen LogP contribution < -0.4 is 31.0 Å². The Hall–Kier alpha value is -4.15. The van der Waals surface area contributed by atoms with Gasteiger partial charge in [0.25, 0.3) is 11.8 Å². The van der Waals surface area contributed by atoms with Gasteiger partial charge in [0.15, 0.2) is 17.3 Å². The van der Waals surface area contributed by atoms with Gasteiger partial charge in [0, 0.05) is 12.0 Å². The Morgan fingerprint density at radius 1 is 1.09 bits per heavy atom. The summed E-state index contributed by atoms with van der Waals surface area (Å²) in [6.07, 6.45) is 1.85. The summed E-state index contributed by atoms with van der Waals surface area (Å²) in [6, 6.07) is 3.19. The summed E-state index contributed by atoms with van der Waals surface area (Å²) < 4.78 is 16.8. The van der Waals surface area contributed by atoms with Gasteiger partial charge in [0.2, 0.25) is 5.95 Å². The molecule has 0 aliphatic carbocycles. The lowest BCUT2D eigenvalue weighted by Gasteiger charge is -2.28. The van der Waals surface area contributed by atoms with E-state index in [1.165, 1.54) is 7.11 Å². The molecule has 0 saturated heterocycles. The van der Waals surface area contributed by atoms with Gasteiger partial charge in [0.05, 0.1) is 55.2 Å². The number of hydrogen-bond donors (Lipinski definition) is 3. The van der Waals surface area contributed by atoms with Crippen LogP contribution in [0.15, 0.2) is 18.3 Å². The molecule has 11 nitrogen and oxygen atoms in total. The third-order valence-electron chi connectivity index (χ3n) is 5.42. The zero-order valence-corrected chi connectivity index (χ0v) is 19.7. The monoisotopic (exact) mass is 465 g/mol. The Morgan fingerprint density at radius 2 is 1.85 bits per heavy atom. The third kappa shape index (κ3) is 4.24. The molecule has 3 aromatic rings. The van der Waals surface area contributed by atoms with E-state index in [9.17, 15) is 4.79 Å². The molecular formula is C23H27N7O4. The van der Waals surface area contributed by atoms with Crippen LogP contribution >= 0.6 is 0 Å². The second-order valence-electron chi connectivity index (χ2n) is 8.13. The molecule has 34 heavy (non-hydrogen) atoms. The molecule has 3 heterocycles. The van der Waals surface area contributed by atoms with Crippen molar-refractivity contribution in [2.45, 2.75) is 39.3 Å². The van der Waals surface area contributed by atoms with E-state index in [0.29, 0.717) is 46.1 Å². The molecule has 1 aromatic carbocycles. The highest BCUT2D eigenvalue weighted by Crippen LogP contribution is 2.41. The number of nitrogens with two attached hydrogens (primary N) is 2. The number of carbonyl (C=O) groups excluding carboxylic acids is 1. The zero-order valence-electron chi connectivity index (χ0n) is 19.7. The second kappa shape index (κ2) is 9.00. The summed E-state index contributed by atoms with van der Waals surface area (Å²) in [5, 5.41) is 3.05. The van der Waals surface area contributed by atoms with Crippen LogP contribution in [-0.2, 0) is 6.42 Å². The molecule has 1 aliphatic rings. The molecule has 0 bridgehead atoms. The molecule has 1 amide bonds. The summed E-state index contributed by atoms with van der Waals surface area (Å²) in [5.41, 5.74) is 15.2. The maximum Gasteiger partial charge on any atom is 0.257 e. The largest absolute Gasteiger partial charge is 0.493 e. The van der Waals surface area contributed by atoms with Crippen molar-refractivity contribution in [3.8, 4) is 28.6 Å². The highest BCUT2D eigenvalue weighted by Gasteiger charge is 2.32. The van der Waals surface area contributed by atoms with Crippen molar-refractivity contribution in [1.82, 2.24) is 25.3 Å². The number of methoxy groups -OCH3 is 2. The van der Waals surface area contributed by atoms with Crippen molar-refractivity contribution in [2.75, 3.05) is 25.7 Å². The smallest absolute Gasteiger partial charge is 0.257 e. The molecule has 5 N–H and O–H groups in total. The number of ether oxygens (including phenoxy) is 3. The first kappa shape index (κ1) is 23.0. The average Bonchev–Trinajstić information content (AvgIpc) is 2.78. The Morgan fingerprint density at radius 3 is 2.53 bits per heavy atom. The van der Waals surface area contributed by atoms with Crippen LogP contribution in [0, 0.1) is 6.92 Å². The zero-order chi connectivity index (χ0) is 24.6. The predicted molar refractivity (Wildman–Crippen MR) is 126 cm³/mol. The van der Waals surface area contributed by atoms with Gasteiger partial charge in [-0.2, -0.15) is 0 Å². The molecule has 1 unspecified atom stereocenters. The molecular weight excluding hydrogens is 438 g/mol. The number of hydrogen-bond acceptors (Lipinski definition) is 10. The SMILES string of the molecule is COc1cc(C2Cc3nc(N)nc(C)c3C(=O)N2)c(-c2cnc(N)c(OC)n2)cc1OC(C)C. The second-order valence-corrected chi connectivity index (χ2v) is 8.13. The van der Waals surface area contributed by atoms with E-state index in [-0.39, 0.29) is 29.7 Å². The molecule has 1 atom stereocenters. The Balaban J connectivity index is 1.90. The topological polar surface area (TPSA) is 160 Å². The summed E-state index contributed by atoms with van der Waals surface area (Å²) in [5.74, 6) is 1.25. The van der Waals surface area contributed by atoms with Crippen molar-refractivity contribution in [1.29, 1.82) is 0 Å². The Kier molecular flexibility index (Phi) is 6.10. The van der Waals surface area contributed by atoms with Gasteiger partial charge >= 0.3 is 0 Å². The summed E-state index contributed by atoms with van der Waals surface area (Å²) >= 11 is 0. The van der Waals surface area contributed by atoms with Crippen LogP contribution in [0.3, 0.4) is 0 Å². The number of fused-ring (bicyclic) bond motifs is 1. The van der Waals surface area contributed by atoms with E-state index in [2.05, 4.69) is 25.3 Å². The number of nitrogen functional groups attached to an aromatic ring is 2. The number of aromatic nitrogens is 4. The van der Waals surface area contributed by atoms with Crippen LogP contribution in [0.1, 0.15) is 47.2 Å². The summed E-state index contributed by atoms with van der Waals surface area (Å²) in [6.45, 7) is 5.58. The van der Waals surface area contributed by atoms with Crippen LogP contribution in [0.5, 0.6) is 17.4 Å². The number of amides is 1. The van der Waals surface area contributed by atoms with E-state index in [1.54, 1.807) is 20.2 Å². The van der Waals surface area contributed by atoms with Crippen LogP contribution in [0.4, 0.5) is 11.8 Å². The maximum atomic E-state index is 13.0. The quantitative estimate of drug-likeness (QED) is 0.492. The number of benzene rings is 1. The number of carbonyl (C=O) groups is 1. The van der Waals surface area contributed by atoms with Gasteiger partial charge in [-0.1, -0.05) is 0 Å². The van der Waals surface area contributed by atoms with Gasteiger partial charge in [-0.15, -0.1) is 0 Å². The summed E-state index contributed by atoms with van der Waals surface area (Å²) in [7, 11) is 3.03. The van der Waals surface area contributed by atoms with Crippen LogP contribution in [0.2, 0.25) is 0 Å². The standard InChI is InChI=1S/C23H27N7O4/c1-10(2)34-18-7-13(16-9-26-20(24)22(29-16)33-5)12(6-17(18)32-4)14-8-15-19(21(31)28-14)11(3)27-23(25)30-15/h6-7,9-10,14H,8H2,1-5H3,(H2,24,26)(H,28,31)(H2,25,27,30). The molecule has 2 aromatic heterocycles. The average molecular weight is 466 g/mol. The van der Waals surface area contributed by atoms with Crippen molar-refractivity contribution in [2.24, 2.45) is 0 Å². The Bertz CT molecular complexity index is 1260. The van der Waals surface area contributed by atoms with Crippen LogP contribution in [0.25, 0.3) is 11.3 Å². The molecule has 178 valence electrons. The van der Waals surface area contributed by atoms with Gasteiger partial charge in [0.1, 0.15) is 0 Å². The number of nitrogens with zero attached hydrogens (tertiary/aromatic N) is 4. The predicted octanol–water partition coefficient (Wildman–Crippen LogP) is 2.24. The van der Waals surface area contributed by atoms with E-state index in [4.69, 9.17) is 25.7 Å². The Labute approximate surface area is 196 Å². The number of anilines is 2. The highest BCUT2D eigenvalue weighted by molar-refractivity contribution is 5.98. The first-order chi connectivity index (χ1) is 16.2. The molecule has 0 radical (unpaired) electrons. The van der Waals surface area contributed by atoms with Crippen molar-refractivity contribution < 1.29 is 19.0 Å². The van der Waals surface area contributed by atoms with Gasteiger partial charge in [-0.05, 0) is 38.5 Å². The minimum Gasteiger partial charge on any atom is -0.493 e. The fraction of sp³-hybridized carbons (Fsp3) is 0.348. The fourth-order valence-electron chi connectivity index (χ4n) is 4.01. The van der Waals surface area contributed by atoms with Crippen molar-refractivity contribution in [3.63, 3.8) is 0 Å². The molecule has 0 spiro atoms. The summed E-state index contributed by atoms with van der Waals surface area (Å²) in [4.78, 5) is 30.2. The number of nitrogens with one attached hydrogen (secondary N) is 1. The lowest BCUT2D eigenvalue weighted by atomic mass is 9.90. The lowest BCUT2D eigenvalue weighted by Crippen LogP contribution is -2.37. The van der Waals surface area contributed by atoms with E-state index in [1.807, 2.05) is 26.0 Å². The van der Waals surface area contributed by atoms with E-state index >= 15 is 0 Å². The fourth-order valence-corrected chi connectivity index (χ4v) is 4.01. The van der Waals surface area contributed by atoms with Crippen LogP contribution in [-0.4, -0.2) is 46.2 Å². The minimum absolute atomic E-state index is 0.0939. The lowest BCUT2D eigenvalue weighted by molar-refractivity contribution is 0.0922. The molecule has 4 rings (SSSR count). The highest BCUT2D eigenvalue weighted by atomic mass is 16.5. The molecule has 1 aliphatic heterocycles. The van der Waals surface area contributed by atoms with Gasteiger partial charge < -0.3 is 31.0 Å². The minimum atomic E-state index is -0.448. The molecule has 0 saturated carbocycles. The van der Waals surface area contributed by atoms with Crippen molar-refractivity contribution in [3.05, 3.63) is 40.8 Å². The molecule has 11 heteroatoms. The normalized spacial score (nSPS) is 15.0. The maximum absolute atomic E-state index is 13.0. The van der Waals surface area contributed by atoms with E-state index in [0.717, 1.165) is 5.56 Å². The molecule has 0 fully saturated rings.